The van der Waals surface area contributed by atoms with Crippen LogP contribution in [-0.2, 0) is 9.59 Å². The normalized spacial score (nSPS) is 11.9. The van der Waals surface area contributed by atoms with E-state index in [4.69, 9.17) is 0 Å². The van der Waals surface area contributed by atoms with Gasteiger partial charge in [-0.3, -0.25) is 14.5 Å². The van der Waals surface area contributed by atoms with Gasteiger partial charge in [0, 0.05) is 24.9 Å². The van der Waals surface area contributed by atoms with Crippen molar-refractivity contribution < 1.29 is 9.59 Å². The van der Waals surface area contributed by atoms with Gasteiger partial charge >= 0.3 is 0 Å². The molecule has 0 unspecified atom stereocenters. The quantitative estimate of drug-likeness (QED) is 0.577. The molecular weight excluding hydrogens is 382 g/mol. The summed E-state index contributed by atoms with van der Waals surface area (Å²) in [6.45, 7) is 4.14. The molecule has 3 rings (SSSR count). The number of benzene rings is 2. The SMILES string of the molecule is CC(=O)N(c1ccccc1)c1nc(/C=C/C(=O)NC[C@H](C)c2ccccc2)cs1. The van der Waals surface area contributed by atoms with E-state index in [1.165, 1.54) is 29.9 Å². The Hall–Kier alpha value is -3.25. The fourth-order valence-corrected chi connectivity index (χ4v) is 3.69. The maximum absolute atomic E-state index is 12.1. The van der Waals surface area contributed by atoms with Crippen molar-refractivity contribution in [3.8, 4) is 0 Å². The third kappa shape index (κ3) is 5.62. The van der Waals surface area contributed by atoms with E-state index in [1.807, 2.05) is 53.9 Å². The standard InChI is InChI=1S/C23H23N3O2S/c1-17(19-9-5-3-6-10-19)15-24-22(28)14-13-20-16-29-23(25-20)26(18(2)27)21-11-7-4-8-12-21/h3-14,16-17H,15H2,1-2H3,(H,24,28)/b14-13+/t17-/m0/s1. The van der Waals surface area contributed by atoms with Crippen LogP contribution in [0.5, 0.6) is 0 Å². The number of nitrogens with zero attached hydrogens (tertiary/aromatic N) is 2. The van der Waals surface area contributed by atoms with Crippen LogP contribution in [0.25, 0.3) is 6.08 Å². The number of para-hydroxylation sites is 1. The Balaban J connectivity index is 1.61. The first-order valence-corrected chi connectivity index (χ1v) is 10.2. The summed E-state index contributed by atoms with van der Waals surface area (Å²) >= 11 is 1.36. The van der Waals surface area contributed by atoms with Gasteiger partial charge in [-0.05, 0) is 29.7 Å². The van der Waals surface area contributed by atoms with E-state index in [0.717, 1.165) is 5.69 Å². The van der Waals surface area contributed by atoms with Crippen LogP contribution in [0.4, 0.5) is 10.8 Å². The maximum atomic E-state index is 12.1. The molecule has 1 heterocycles. The minimum atomic E-state index is -0.172. The summed E-state index contributed by atoms with van der Waals surface area (Å²) in [7, 11) is 0. The molecule has 1 atom stereocenters. The van der Waals surface area contributed by atoms with E-state index in [2.05, 4.69) is 29.4 Å². The number of rotatable bonds is 7. The van der Waals surface area contributed by atoms with Crippen molar-refractivity contribution in [2.75, 3.05) is 11.4 Å². The molecule has 29 heavy (non-hydrogen) atoms. The van der Waals surface area contributed by atoms with E-state index in [0.29, 0.717) is 17.4 Å². The number of hydrogen-bond acceptors (Lipinski definition) is 4. The lowest BCUT2D eigenvalue weighted by molar-refractivity contribution is -0.117. The van der Waals surface area contributed by atoms with E-state index < -0.39 is 0 Å². The number of amides is 2. The van der Waals surface area contributed by atoms with Crippen LogP contribution in [-0.4, -0.2) is 23.3 Å². The summed E-state index contributed by atoms with van der Waals surface area (Å²) in [6.07, 6.45) is 3.13. The Bertz CT molecular complexity index is 984. The fraction of sp³-hybridized carbons (Fsp3) is 0.174. The number of aromatic nitrogens is 1. The number of anilines is 2. The molecular formula is C23H23N3O2S. The highest BCUT2D eigenvalue weighted by Gasteiger charge is 2.17. The minimum absolute atomic E-state index is 0.117. The van der Waals surface area contributed by atoms with Crippen molar-refractivity contribution in [3.05, 3.63) is 83.4 Å². The smallest absolute Gasteiger partial charge is 0.244 e. The topological polar surface area (TPSA) is 62.3 Å². The van der Waals surface area contributed by atoms with E-state index in [9.17, 15) is 9.59 Å². The second-order valence-electron chi connectivity index (χ2n) is 6.64. The predicted molar refractivity (Wildman–Crippen MR) is 118 cm³/mol. The molecule has 6 heteroatoms. The van der Waals surface area contributed by atoms with Gasteiger partial charge < -0.3 is 5.32 Å². The highest BCUT2D eigenvalue weighted by Crippen LogP contribution is 2.29. The van der Waals surface area contributed by atoms with Crippen molar-refractivity contribution in [1.82, 2.24) is 10.3 Å². The third-order valence-corrected chi connectivity index (χ3v) is 5.23. The molecule has 1 N–H and O–H groups in total. The monoisotopic (exact) mass is 405 g/mol. The summed E-state index contributed by atoms with van der Waals surface area (Å²) in [6, 6.07) is 19.4. The number of nitrogens with one attached hydrogen (secondary N) is 1. The zero-order valence-electron chi connectivity index (χ0n) is 16.4. The number of carbonyl (C=O) groups excluding carboxylic acids is 2. The first kappa shape index (κ1) is 20.5. The van der Waals surface area contributed by atoms with Gasteiger partial charge in [0.2, 0.25) is 11.8 Å². The summed E-state index contributed by atoms with van der Waals surface area (Å²) in [5.74, 6) is -0.0584. The Morgan fingerprint density at radius 3 is 2.41 bits per heavy atom. The Morgan fingerprint density at radius 2 is 1.76 bits per heavy atom. The van der Waals surface area contributed by atoms with Crippen LogP contribution >= 0.6 is 11.3 Å². The minimum Gasteiger partial charge on any atom is -0.352 e. The Kier molecular flexibility index (Phi) is 6.92. The summed E-state index contributed by atoms with van der Waals surface area (Å²) in [5.41, 5.74) is 2.59. The molecule has 0 saturated carbocycles. The molecule has 2 aromatic carbocycles. The molecule has 0 saturated heterocycles. The van der Waals surface area contributed by atoms with Crippen molar-refractivity contribution in [2.24, 2.45) is 0 Å². The van der Waals surface area contributed by atoms with Crippen LogP contribution in [0.3, 0.4) is 0 Å². The van der Waals surface area contributed by atoms with E-state index in [-0.39, 0.29) is 17.7 Å². The molecule has 2 amide bonds. The molecule has 5 nitrogen and oxygen atoms in total. The zero-order chi connectivity index (χ0) is 20.6. The summed E-state index contributed by atoms with van der Waals surface area (Å²) in [5, 5.41) is 5.30. The van der Waals surface area contributed by atoms with Crippen LogP contribution in [0.15, 0.2) is 72.1 Å². The molecule has 0 aliphatic carbocycles. The molecule has 0 spiro atoms. The van der Waals surface area contributed by atoms with Gasteiger partial charge in [0.05, 0.1) is 11.4 Å². The predicted octanol–water partition coefficient (Wildman–Crippen LogP) is 4.76. The van der Waals surface area contributed by atoms with Crippen LogP contribution in [0.2, 0.25) is 0 Å². The molecule has 148 valence electrons. The second-order valence-corrected chi connectivity index (χ2v) is 7.47. The Labute approximate surface area is 174 Å². The highest BCUT2D eigenvalue weighted by atomic mass is 32.1. The van der Waals surface area contributed by atoms with Crippen molar-refractivity contribution >= 4 is 40.0 Å². The summed E-state index contributed by atoms with van der Waals surface area (Å²) < 4.78 is 0. The lowest BCUT2D eigenvalue weighted by atomic mass is 10.0. The molecule has 3 aromatic rings. The maximum Gasteiger partial charge on any atom is 0.244 e. The lowest BCUT2D eigenvalue weighted by Gasteiger charge is -2.17. The molecule has 0 aliphatic rings. The molecule has 1 aromatic heterocycles. The largest absolute Gasteiger partial charge is 0.352 e. The van der Waals surface area contributed by atoms with Gasteiger partial charge in [-0.2, -0.15) is 0 Å². The first-order valence-electron chi connectivity index (χ1n) is 9.36. The average Bonchev–Trinajstić information content (AvgIpc) is 3.20. The highest BCUT2D eigenvalue weighted by molar-refractivity contribution is 7.14. The lowest BCUT2D eigenvalue weighted by Crippen LogP contribution is -2.25. The van der Waals surface area contributed by atoms with Gasteiger partial charge in [0.25, 0.3) is 0 Å². The molecule has 0 aliphatic heterocycles. The van der Waals surface area contributed by atoms with E-state index >= 15 is 0 Å². The number of thiazole rings is 1. The zero-order valence-corrected chi connectivity index (χ0v) is 17.2. The van der Waals surface area contributed by atoms with Crippen molar-refractivity contribution in [2.45, 2.75) is 19.8 Å². The van der Waals surface area contributed by atoms with Gasteiger partial charge in [0.15, 0.2) is 5.13 Å². The van der Waals surface area contributed by atoms with Crippen molar-refractivity contribution in [1.29, 1.82) is 0 Å². The van der Waals surface area contributed by atoms with Gasteiger partial charge in [0.1, 0.15) is 0 Å². The van der Waals surface area contributed by atoms with Gasteiger partial charge in [-0.15, -0.1) is 11.3 Å². The molecule has 0 bridgehead atoms. The Morgan fingerprint density at radius 1 is 1.10 bits per heavy atom. The first-order chi connectivity index (χ1) is 14.0. The summed E-state index contributed by atoms with van der Waals surface area (Å²) in [4.78, 5) is 30.3. The fourth-order valence-electron chi connectivity index (χ4n) is 2.83. The van der Waals surface area contributed by atoms with E-state index in [1.54, 1.807) is 11.0 Å². The van der Waals surface area contributed by atoms with Gasteiger partial charge in [-0.25, -0.2) is 4.98 Å². The average molecular weight is 406 g/mol. The molecule has 0 radical (unpaired) electrons. The molecule has 0 fully saturated rings. The van der Waals surface area contributed by atoms with Crippen LogP contribution < -0.4 is 10.2 Å². The number of carbonyl (C=O) groups is 2. The number of hydrogen-bond donors (Lipinski definition) is 1. The second kappa shape index (κ2) is 9.80. The third-order valence-electron chi connectivity index (χ3n) is 4.39. The van der Waals surface area contributed by atoms with Crippen LogP contribution in [0, 0.1) is 0 Å². The van der Waals surface area contributed by atoms with Crippen LogP contribution in [0.1, 0.15) is 31.0 Å². The van der Waals surface area contributed by atoms with Gasteiger partial charge in [-0.1, -0.05) is 55.5 Å². The van der Waals surface area contributed by atoms with Crippen molar-refractivity contribution in [3.63, 3.8) is 0 Å².